The van der Waals surface area contributed by atoms with Gasteiger partial charge in [0.05, 0.1) is 12.3 Å². The fourth-order valence-corrected chi connectivity index (χ4v) is 3.05. The highest BCUT2D eigenvalue weighted by atomic mass is 16.5. The van der Waals surface area contributed by atoms with E-state index in [1.54, 1.807) is 12.1 Å². The Morgan fingerprint density at radius 1 is 0.800 bits per heavy atom. The molecule has 0 atom stereocenters. The molecule has 0 aromatic heterocycles. The molecule has 30 heavy (non-hydrogen) atoms. The van der Waals surface area contributed by atoms with Crippen molar-refractivity contribution >= 4 is 11.6 Å². The first-order valence-electron chi connectivity index (χ1n) is 10.6. The van der Waals surface area contributed by atoms with Gasteiger partial charge >= 0.3 is 0 Å². The van der Waals surface area contributed by atoms with Gasteiger partial charge in [0.25, 0.3) is 5.91 Å². The highest BCUT2D eigenvalue weighted by molar-refractivity contribution is 6.05. The number of nitrogens with one attached hydrogen (secondary N) is 1. The lowest BCUT2D eigenvalue weighted by Crippen LogP contribution is -2.13. The zero-order chi connectivity index (χ0) is 21.0. The van der Waals surface area contributed by atoms with E-state index in [-0.39, 0.29) is 5.91 Å². The Labute approximate surface area is 178 Å². The predicted molar refractivity (Wildman–Crippen MR) is 121 cm³/mol. The summed E-state index contributed by atoms with van der Waals surface area (Å²) in [5, 5.41) is 2.94. The van der Waals surface area contributed by atoms with Gasteiger partial charge in [0, 0.05) is 5.56 Å². The summed E-state index contributed by atoms with van der Waals surface area (Å²) in [6, 6.07) is 24.6. The zero-order valence-electron chi connectivity index (χ0n) is 17.5. The third kappa shape index (κ3) is 6.66. The molecule has 4 nitrogen and oxygen atoms in total. The summed E-state index contributed by atoms with van der Waals surface area (Å²) >= 11 is 0. The van der Waals surface area contributed by atoms with Crippen molar-refractivity contribution in [1.82, 2.24) is 0 Å². The number of para-hydroxylation sites is 2. The number of amides is 1. The minimum Gasteiger partial charge on any atom is -0.494 e. The summed E-state index contributed by atoms with van der Waals surface area (Å²) in [5.41, 5.74) is 2.30. The van der Waals surface area contributed by atoms with E-state index in [2.05, 4.69) is 12.2 Å². The van der Waals surface area contributed by atoms with Crippen molar-refractivity contribution in [3.63, 3.8) is 0 Å². The van der Waals surface area contributed by atoms with Crippen molar-refractivity contribution in [2.45, 2.75) is 39.2 Å². The normalized spacial score (nSPS) is 10.4. The van der Waals surface area contributed by atoms with E-state index < -0.39 is 0 Å². The van der Waals surface area contributed by atoms with Crippen molar-refractivity contribution < 1.29 is 14.3 Å². The van der Waals surface area contributed by atoms with Crippen LogP contribution in [0.15, 0.2) is 78.9 Å². The van der Waals surface area contributed by atoms with E-state index in [0.29, 0.717) is 30.2 Å². The Hall–Kier alpha value is -3.27. The monoisotopic (exact) mass is 403 g/mol. The van der Waals surface area contributed by atoms with E-state index in [9.17, 15) is 4.79 Å². The van der Waals surface area contributed by atoms with Gasteiger partial charge in [-0.2, -0.15) is 0 Å². The molecule has 0 bridgehead atoms. The fraction of sp³-hybridized carbons (Fsp3) is 0.269. The number of rotatable bonds is 11. The first kappa shape index (κ1) is 21.4. The van der Waals surface area contributed by atoms with Gasteiger partial charge in [0.15, 0.2) is 0 Å². The number of benzene rings is 3. The fourth-order valence-electron chi connectivity index (χ4n) is 3.05. The molecule has 4 heteroatoms. The lowest BCUT2D eigenvalue weighted by Gasteiger charge is -2.13. The second-order valence-electron chi connectivity index (χ2n) is 7.16. The topological polar surface area (TPSA) is 47.6 Å². The molecule has 3 rings (SSSR count). The second-order valence-corrected chi connectivity index (χ2v) is 7.16. The van der Waals surface area contributed by atoms with E-state index >= 15 is 0 Å². The van der Waals surface area contributed by atoms with Gasteiger partial charge in [-0.25, -0.2) is 0 Å². The molecule has 3 aromatic carbocycles. The van der Waals surface area contributed by atoms with Crippen LogP contribution in [0, 0.1) is 0 Å². The van der Waals surface area contributed by atoms with Crippen LogP contribution in [0.4, 0.5) is 5.69 Å². The summed E-state index contributed by atoms with van der Waals surface area (Å²) in [7, 11) is 0. The van der Waals surface area contributed by atoms with Crippen LogP contribution in [-0.2, 0) is 6.61 Å². The molecular weight excluding hydrogens is 374 g/mol. The average molecular weight is 404 g/mol. The number of carbonyl (C=O) groups excluding carboxylic acids is 1. The molecule has 0 fully saturated rings. The molecule has 3 aromatic rings. The van der Waals surface area contributed by atoms with Crippen molar-refractivity contribution in [2.75, 3.05) is 11.9 Å². The highest BCUT2D eigenvalue weighted by Crippen LogP contribution is 2.25. The third-order valence-electron chi connectivity index (χ3n) is 4.76. The first-order chi connectivity index (χ1) is 14.8. The van der Waals surface area contributed by atoms with Crippen LogP contribution >= 0.6 is 0 Å². The van der Waals surface area contributed by atoms with E-state index in [1.807, 2.05) is 66.7 Å². The van der Waals surface area contributed by atoms with Gasteiger partial charge in [-0.1, -0.05) is 68.7 Å². The molecule has 0 unspecified atom stereocenters. The Morgan fingerprint density at radius 3 is 2.30 bits per heavy atom. The molecule has 0 spiro atoms. The Morgan fingerprint density at radius 2 is 1.53 bits per heavy atom. The van der Waals surface area contributed by atoms with Crippen LogP contribution in [0.2, 0.25) is 0 Å². The highest BCUT2D eigenvalue weighted by Gasteiger charge is 2.10. The van der Waals surface area contributed by atoms with Gasteiger partial charge in [0.2, 0.25) is 0 Å². The Kier molecular flexibility index (Phi) is 8.34. The number of ether oxygens (including phenoxy) is 2. The van der Waals surface area contributed by atoms with Gasteiger partial charge in [-0.05, 0) is 48.4 Å². The molecule has 1 N–H and O–H groups in total. The number of hydrogen-bond donors (Lipinski definition) is 1. The Bertz CT molecular complexity index is 907. The molecule has 0 saturated carbocycles. The maximum Gasteiger partial charge on any atom is 0.255 e. The van der Waals surface area contributed by atoms with Gasteiger partial charge in [0.1, 0.15) is 18.1 Å². The van der Waals surface area contributed by atoms with Crippen LogP contribution in [-0.4, -0.2) is 12.5 Å². The predicted octanol–water partition coefficient (Wildman–Crippen LogP) is 6.48. The second kappa shape index (κ2) is 11.7. The largest absolute Gasteiger partial charge is 0.494 e. The van der Waals surface area contributed by atoms with Crippen LogP contribution < -0.4 is 14.8 Å². The maximum absolute atomic E-state index is 12.7. The smallest absolute Gasteiger partial charge is 0.255 e. The molecule has 156 valence electrons. The minimum absolute atomic E-state index is 0.180. The van der Waals surface area contributed by atoms with Crippen molar-refractivity contribution in [2.24, 2.45) is 0 Å². The van der Waals surface area contributed by atoms with Gasteiger partial charge in [-0.3, -0.25) is 4.79 Å². The number of carbonyl (C=O) groups is 1. The number of unbranched alkanes of at least 4 members (excludes halogenated alkanes) is 3. The lowest BCUT2D eigenvalue weighted by molar-refractivity contribution is 0.102. The maximum atomic E-state index is 12.7. The molecule has 0 heterocycles. The summed E-state index contributed by atoms with van der Waals surface area (Å²) < 4.78 is 11.7. The van der Waals surface area contributed by atoms with Crippen molar-refractivity contribution in [3.8, 4) is 11.5 Å². The van der Waals surface area contributed by atoms with Crippen LogP contribution in [0.25, 0.3) is 0 Å². The van der Waals surface area contributed by atoms with Crippen molar-refractivity contribution in [3.05, 3.63) is 90.0 Å². The third-order valence-corrected chi connectivity index (χ3v) is 4.76. The zero-order valence-corrected chi connectivity index (χ0v) is 17.5. The van der Waals surface area contributed by atoms with E-state index in [1.165, 1.54) is 19.3 Å². The Balaban J connectivity index is 1.55. The molecule has 0 saturated heterocycles. The van der Waals surface area contributed by atoms with Crippen molar-refractivity contribution in [1.29, 1.82) is 0 Å². The van der Waals surface area contributed by atoms with Crippen LogP contribution in [0.5, 0.6) is 11.5 Å². The number of hydrogen-bond acceptors (Lipinski definition) is 3. The summed E-state index contributed by atoms with van der Waals surface area (Å²) in [6.45, 7) is 3.34. The SMILES string of the molecule is CCCCCCOc1ccc(C(=O)Nc2ccccc2OCc2ccccc2)cc1. The molecule has 0 aliphatic heterocycles. The first-order valence-corrected chi connectivity index (χ1v) is 10.6. The molecule has 1 amide bonds. The molecular formula is C26H29NO3. The summed E-state index contributed by atoms with van der Waals surface area (Å²) in [5.74, 6) is 1.25. The lowest BCUT2D eigenvalue weighted by atomic mass is 10.2. The summed E-state index contributed by atoms with van der Waals surface area (Å²) in [6.07, 6.45) is 4.68. The van der Waals surface area contributed by atoms with E-state index in [0.717, 1.165) is 17.7 Å². The standard InChI is InChI=1S/C26H29NO3/c1-2-3-4-10-19-29-23-17-15-22(16-18-23)26(28)27-24-13-8-9-14-25(24)30-20-21-11-6-5-7-12-21/h5-9,11-18H,2-4,10,19-20H2,1H3,(H,27,28). The number of anilines is 1. The quantitative estimate of drug-likeness (QED) is 0.373. The molecule has 0 aliphatic rings. The minimum atomic E-state index is -0.180. The van der Waals surface area contributed by atoms with E-state index in [4.69, 9.17) is 9.47 Å². The van der Waals surface area contributed by atoms with Crippen LogP contribution in [0.1, 0.15) is 48.5 Å². The molecule has 0 aliphatic carbocycles. The summed E-state index contributed by atoms with van der Waals surface area (Å²) in [4.78, 5) is 12.7. The molecule has 0 radical (unpaired) electrons. The van der Waals surface area contributed by atoms with Gasteiger partial charge < -0.3 is 14.8 Å². The van der Waals surface area contributed by atoms with Crippen LogP contribution in [0.3, 0.4) is 0 Å². The average Bonchev–Trinajstić information content (AvgIpc) is 2.79. The van der Waals surface area contributed by atoms with Gasteiger partial charge in [-0.15, -0.1) is 0 Å².